The molecule has 4 nitrogen and oxygen atoms in total. The van der Waals surface area contributed by atoms with Crippen LogP contribution in [0, 0.1) is 5.92 Å². The fourth-order valence-corrected chi connectivity index (χ4v) is 4.36. The van der Waals surface area contributed by atoms with E-state index in [4.69, 9.17) is 21.4 Å². The van der Waals surface area contributed by atoms with Gasteiger partial charge in [0.15, 0.2) is 0 Å². The van der Waals surface area contributed by atoms with E-state index in [-0.39, 0.29) is 23.9 Å². The second-order valence-corrected chi connectivity index (χ2v) is 10.9. The van der Waals surface area contributed by atoms with Crippen LogP contribution in [0.2, 0.25) is 5.02 Å². The normalized spacial score (nSPS) is 12.2. The number of carboxylic acids is 1. The maximum atomic E-state index is 13.4. The molecular formula is C32H39ClF3NO3. The lowest BCUT2D eigenvalue weighted by molar-refractivity contribution is -0.138. The molecule has 0 saturated heterocycles. The van der Waals surface area contributed by atoms with Crippen molar-refractivity contribution >= 4 is 17.6 Å². The average Bonchev–Trinajstić information content (AvgIpc) is 2.87. The molecule has 1 unspecified atom stereocenters. The summed E-state index contributed by atoms with van der Waals surface area (Å²) in [6, 6.07) is 20.9. The summed E-state index contributed by atoms with van der Waals surface area (Å²) >= 11 is 6.17. The molecule has 3 rings (SSSR count). The van der Waals surface area contributed by atoms with Gasteiger partial charge in [0, 0.05) is 19.6 Å². The summed E-state index contributed by atoms with van der Waals surface area (Å²) in [4.78, 5) is 13.0. The monoisotopic (exact) mass is 577 g/mol. The van der Waals surface area contributed by atoms with Crippen molar-refractivity contribution in [2.75, 3.05) is 19.7 Å². The number of hydrogen-bond donors (Lipinski definition) is 1. The highest BCUT2D eigenvalue weighted by atomic mass is 35.5. The minimum atomic E-state index is -4.52. The fraction of sp³-hybridized carbons (Fsp3) is 0.406. The third-order valence-electron chi connectivity index (χ3n) is 5.82. The molecule has 1 atom stereocenters. The van der Waals surface area contributed by atoms with Gasteiger partial charge in [-0.2, -0.15) is 13.2 Å². The highest BCUT2D eigenvalue weighted by Crippen LogP contribution is 2.36. The van der Waals surface area contributed by atoms with Crippen molar-refractivity contribution in [3.8, 4) is 5.75 Å². The van der Waals surface area contributed by atoms with Gasteiger partial charge in [0.05, 0.1) is 23.6 Å². The number of rotatable bonds is 12. The Kier molecular flexibility index (Phi) is 13.5. The molecule has 0 radical (unpaired) electrons. The van der Waals surface area contributed by atoms with Crippen molar-refractivity contribution in [3.05, 3.63) is 100 Å². The number of ether oxygens (including phenoxy) is 1. The van der Waals surface area contributed by atoms with Gasteiger partial charge in [0.25, 0.3) is 0 Å². The summed E-state index contributed by atoms with van der Waals surface area (Å²) in [6.45, 7) is 10.4. The highest BCUT2D eigenvalue weighted by molar-refractivity contribution is 6.32. The van der Waals surface area contributed by atoms with Crippen molar-refractivity contribution in [3.63, 3.8) is 0 Å². The van der Waals surface area contributed by atoms with Gasteiger partial charge in [0.2, 0.25) is 0 Å². The van der Waals surface area contributed by atoms with Crippen LogP contribution in [0.3, 0.4) is 0 Å². The molecule has 0 aliphatic rings. The van der Waals surface area contributed by atoms with Crippen molar-refractivity contribution in [2.24, 2.45) is 5.92 Å². The van der Waals surface area contributed by atoms with Gasteiger partial charge in [-0.3, -0.25) is 9.69 Å². The largest absolute Gasteiger partial charge is 0.494 e. The number of halogens is 4. The summed E-state index contributed by atoms with van der Waals surface area (Å²) in [5.74, 6) is 0.659. The van der Waals surface area contributed by atoms with Gasteiger partial charge < -0.3 is 9.84 Å². The molecule has 0 amide bonds. The third kappa shape index (κ3) is 12.0. The van der Waals surface area contributed by atoms with Crippen LogP contribution in [0.15, 0.2) is 72.8 Å². The lowest BCUT2D eigenvalue weighted by Gasteiger charge is -2.27. The zero-order chi connectivity index (χ0) is 29.7. The van der Waals surface area contributed by atoms with Crippen LogP contribution in [0.1, 0.15) is 62.3 Å². The molecule has 218 valence electrons. The van der Waals surface area contributed by atoms with Crippen LogP contribution in [-0.2, 0) is 23.9 Å². The predicted molar refractivity (Wildman–Crippen MR) is 155 cm³/mol. The van der Waals surface area contributed by atoms with E-state index < -0.39 is 17.7 Å². The minimum absolute atomic E-state index is 0.0832. The third-order valence-corrected chi connectivity index (χ3v) is 6.27. The Labute approximate surface area is 240 Å². The Morgan fingerprint density at radius 2 is 1.62 bits per heavy atom. The maximum absolute atomic E-state index is 13.4. The molecule has 0 aliphatic heterocycles. The summed E-state index contributed by atoms with van der Waals surface area (Å²) in [6.07, 6.45) is -3.97. The number of hydrogen-bond acceptors (Lipinski definition) is 3. The molecule has 0 fully saturated rings. The van der Waals surface area contributed by atoms with Gasteiger partial charge >= 0.3 is 12.1 Å². The van der Waals surface area contributed by atoms with Crippen LogP contribution in [0.5, 0.6) is 5.75 Å². The first-order valence-corrected chi connectivity index (χ1v) is 13.8. The first-order chi connectivity index (χ1) is 18.9. The SMILES string of the molecule is CC(C)C.CC(CN(CCCOc1cccc(CC(=O)O)c1)Cc1cccc(C(F)(F)F)c1Cl)c1ccccc1. The molecule has 0 aromatic heterocycles. The van der Waals surface area contributed by atoms with Crippen molar-refractivity contribution in [1.82, 2.24) is 4.90 Å². The lowest BCUT2D eigenvalue weighted by Crippen LogP contribution is -2.30. The molecule has 0 aliphatic carbocycles. The Hall–Kier alpha value is -3.03. The smallest absolute Gasteiger partial charge is 0.417 e. The van der Waals surface area contributed by atoms with Crippen LogP contribution in [0.25, 0.3) is 0 Å². The minimum Gasteiger partial charge on any atom is -0.494 e. The molecular weight excluding hydrogens is 539 g/mol. The van der Waals surface area contributed by atoms with E-state index in [1.54, 1.807) is 30.3 Å². The zero-order valence-electron chi connectivity index (χ0n) is 23.5. The summed E-state index contributed by atoms with van der Waals surface area (Å²) in [5, 5.41) is 8.70. The van der Waals surface area contributed by atoms with Gasteiger partial charge in [-0.15, -0.1) is 0 Å². The fourth-order valence-electron chi connectivity index (χ4n) is 4.07. The lowest BCUT2D eigenvalue weighted by atomic mass is 10.00. The second kappa shape index (κ2) is 16.3. The van der Waals surface area contributed by atoms with Crippen LogP contribution in [0.4, 0.5) is 13.2 Å². The summed E-state index contributed by atoms with van der Waals surface area (Å²) in [5.41, 5.74) is 1.39. The molecule has 3 aromatic carbocycles. The number of benzene rings is 3. The van der Waals surface area contributed by atoms with Gasteiger partial charge in [-0.25, -0.2) is 0 Å². The zero-order valence-corrected chi connectivity index (χ0v) is 24.3. The highest BCUT2D eigenvalue weighted by Gasteiger charge is 2.34. The number of carboxylic acid groups (broad SMARTS) is 1. The molecule has 0 spiro atoms. The number of alkyl halides is 3. The average molecular weight is 578 g/mol. The van der Waals surface area contributed by atoms with E-state index in [1.165, 1.54) is 6.07 Å². The van der Waals surface area contributed by atoms with Gasteiger partial charge in [-0.05, 0) is 53.1 Å². The van der Waals surface area contributed by atoms with Crippen molar-refractivity contribution in [2.45, 2.75) is 59.2 Å². The second-order valence-electron chi connectivity index (χ2n) is 10.5. The number of aliphatic carboxylic acids is 1. The first-order valence-electron chi connectivity index (χ1n) is 13.4. The Morgan fingerprint density at radius 3 is 2.25 bits per heavy atom. The van der Waals surface area contributed by atoms with Gasteiger partial charge in [-0.1, -0.05) is 93.9 Å². The summed E-state index contributed by atoms with van der Waals surface area (Å²) < 4.78 is 45.9. The molecule has 0 saturated carbocycles. The van der Waals surface area contributed by atoms with Crippen LogP contribution < -0.4 is 4.74 Å². The van der Waals surface area contributed by atoms with Crippen LogP contribution >= 0.6 is 11.6 Å². The Bertz CT molecular complexity index is 1180. The number of nitrogens with zero attached hydrogens (tertiary/aromatic N) is 1. The Morgan fingerprint density at radius 1 is 0.975 bits per heavy atom. The van der Waals surface area contributed by atoms with Crippen molar-refractivity contribution in [1.29, 1.82) is 0 Å². The standard InChI is InChI=1S/C28H29ClF3NO3.C4H10/c1-20(22-9-3-2-4-10-22)18-33(19-23-11-6-13-25(27(23)29)28(30,31)32)14-7-15-36-24-12-5-8-21(16-24)17-26(34)35;1-4(2)3/h2-6,8-13,16,20H,7,14-15,17-19H2,1H3,(H,34,35);4H,1-3H3. The topological polar surface area (TPSA) is 49.8 Å². The van der Waals surface area contributed by atoms with E-state index >= 15 is 0 Å². The molecule has 1 N–H and O–H groups in total. The van der Waals surface area contributed by atoms with E-state index in [0.717, 1.165) is 17.5 Å². The predicted octanol–water partition coefficient (Wildman–Crippen LogP) is 8.72. The van der Waals surface area contributed by atoms with E-state index in [0.29, 0.717) is 43.0 Å². The Balaban J connectivity index is 0.00000131. The molecule has 0 heterocycles. The van der Waals surface area contributed by atoms with Crippen molar-refractivity contribution < 1.29 is 27.8 Å². The first kappa shape index (κ1) is 33.2. The molecule has 40 heavy (non-hydrogen) atoms. The summed E-state index contributed by atoms with van der Waals surface area (Å²) in [7, 11) is 0. The molecule has 8 heteroatoms. The van der Waals surface area contributed by atoms with E-state index in [9.17, 15) is 18.0 Å². The van der Waals surface area contributed by atoms with E-state index in [1.807, 2.05) is 30.3 Å². The van der Waals surface area contributed by atoms with E-state index in [2.05, 4.69) is 32.6 Å². The van der Waals surface area contributed by atoms with Gasteiger partial charge in [0.1, 0.15) is 5.75 Å². The van der Waals surface area contributed by atoms with Crippen LogP contribution in [-0.4, -0.2) is 35.7 Å². The number of carbonyl (C=O) groups is 1. The molecule has 0 bridgehead atoms. The maximum Gasteiger partial charge on any atom is 0.417 e. The quantitative estimate of drug-likeness (QED) is 0.219. The molecule has 3 aromatic rings.